The molecule has 0 spiro atoms. The molecule has 2 rings (SSSR count). The summed E-state index contributed by atoms with van der Waals surface area (Å²) >= 11 is 0. The third kappa shape index (κ3) is 2.58. The molecule has 0 saturated carbocycles. The Balaban J connectivity index is 2.05. The van der Waals surface area contributed by atoms with Crippen LogP contribution in [0, 0.1) is 0 Å². The maximum atomic E-state index is 8.76. The number of nitrogens with zero attached hydrogens (tertiary/aromatic N) is 3. The summed E-state index contributed by atoms with van der Waals surface area (Å²) in [6.45, 7) is 0.763. The van der Waals surface area contributed by atoms with Crippen molar-refractivity contribution < 1.29 is 5.11 Å². The summed E-state index contributed by atoms with van der Waals surface area (Å²) in [6.07, 6.45) is 2.38. The van der Waals surface area contributed by atoms with Gasteiger partial charge in [-0.25, -0.2) is 4.68 Å². The standard InChI is InChI=1S/C11H14N4O/c12-10-3-1-9(2-4-10)7-15-8-11(5-6-16)13-14-15/h1-4,8,16H,5-7,12H2. The van der Waals surface area contributed by atoms with Gasteiger partial charge in [0.15, 0.2) is 0 Å². The quantitative estimate of drug-likeness (QED) is 0.730. The Kier molecular flexibility index (Phi) is 3.16. The van der Waals surface area contributed by atoms with E-state index in [-0.39, 0.29) is 6.61 Å². The van der Waals surface area contributed by atoms with Gasteiger partial charge in [0.2, 0.25) is 0 Å². The largest absolute Gasteiger partial charge is 0.399 e. The summed E-state index contributed by atoms with van der Waals surface area (Å²) in [5, 5.41) is 16.7. The molecular formula is C11H14N4O. The molecule has 0 saturated heterocycles. The van der Waals surface area contributed by atoms with E-state index >= 15 is 0 Å². The molecule has 2 aromatic rings. The predicted molar refractivity (Wildman–Crippen MR) is 60.8 cm³/mol. The zero-order valence-corrected chi connectivity index (χ0v) is 8.87. The average Bonchev–Trinajstić information content (AvgIpc) is 2.70. The van der Waals surface area contributed by atoms with Crippen molar-refractivity contribution in [2.75, 3.05) is 12.3 Å². The highest BCUT2D eigenvalue weighted by molar-refractivity contribution is 5.39. The summed E-state index contributed by atoms with van der Waals surface area (Å²) in [5.41, 5.74) is 8.28. The molecule has 0 aliphatic rings. The summed E-state index contributed by atoms with van der Waals surface area (Å²) < 4.78 is 1.75. The Bertz CT molecular complexity index is 449. The molecule has 16 heavy (non-hydrogen) atoms. The monoisotopic (exact) mass is 218 g/mol. The summed E-state index contributed by atoms with van der Waals surface area (Å²) in [5.74, 6) is 0. The van der Waals surface area contributed by atoms with E-state index in [1.165, 1.54) is 0 Å². The van der Waals surface area contributed by atoms with Gasteiger partial charge in [0.05, 0.1) is 12.2 Å². The number of aliphatic hydroxyl groups is 1. The summed E-state index contributed by atoms with van der Waals surface area (Å²) in [4.78, 5) is 0. The van der Waals surface area contributed by atoms with E-state index in [2.05, 4.69) is 10.3 Å². The van der Waals surface area contributed by atoms with Gasteiger partial charge in [0.25, 0.3) is 0 Å². The van der Waals surface area contributed by atoms with Gasteiger partial charge < -0.3 is 10.8 Å². The van der Waals surface area contributed by atoms with Crippen LogP contribution in [0.25, 0.3) is 0 Å². The van der Waals surface area contributed by atoms with Crippen LogP contribution in [0.4, 0.5) is 5.69 Å². The Labute approximate surface area is 93.5 Å². The molecule has 0 bridgehead atoms. The first-order valence-corrected chi connectivity index (χ1v) is 5.12. The number of aromatic nitrogens is 3. The van der Waals surface area contributed by atoms with Gasteiger partial charge in [-0.3, -0.25) is 0 Å². The van der Waals surface area contributed by atoms with Crippen molar-refractivity contribution in [1.82, 2.24) is 15.0 Å². The minimum Gasteiger partial charge on any atom is -0.399 e. The van der Waals surface area contributed by atoms with Gasteiger partial charge in [-0.15, -0.1) is 5.10 Å². The lowest BCUT2D eigenvalue weighted by atomic mass is 10.2. The predicted octanol–water partition coefficient (Wildman–Crippen LogP) is 0.443. The fourth-order valence-electron chi connectivity index (χ4n) is 1.46. The van der Waals surface area contributed by atoms with Gasteiger partial charge >= 0.3 is 0 Å². The van der Waals surface area contributed by atoms with E-state index in [9.17, 15) is 0 Å². The van der Waals surface area contributed by atoms with Crippen molar-refractivity contribution in [2.24, 2.45) is 0 Å². The Morgan fingerprint density at radius 1 is 1.25 bits per heavy atom. The van der Waals surface area contributed by atoms with Crippen LogP contribution in [0.5, 0.6) is 0 Å². The Morgan fingerprint density at radius 2 is 2.00 bits per heavy atom. The second-order valence-corrected chi connectivity index (χ2v) is 3.62. The normalized spacial score (nSPS) is 10.6. The number of nitrogens with two attached hydrogens (primary N) is 1. The van der Waals surface area contributed by atoms with Gasteiger partial charge in [-0.2, -0.15) is 0 Å². The van der Waals surface area contributed by atoms with Crippen molar-refractivity contribution in [3.05, 3.63) is 41.7 Å². The van der Waals surface area contributed by atoms with Crippen molar-refractivity contribution in [1.29, 1.82) is 0 Å². The Hall–Kier alpha value is -1.88. The third-order valence-electron chi connectivity index (χ3n) is 2.28. The molecule has 0 fully saturated rings. The van der Waals surface area contributed by atoms with E-state index < -0.39 is 0 Å². The number of benzene rings is 1. The second kappa shape index (κ2) is 4.76. The van der Waals surface area contributed by atoms with Crippen molar-refractivity contribution in [2.45, 2.75) is 13.0 Å². The number of aliphatic hydroxyl groups excluding tert-OH is 1. The molecular weight excluding hydrogens is 204 g/mol. The first-order chi connectivity index (χ1) is 7.78. The lowest BCUT2D eigenvalue weighted by Gasteiger charge is -2.00. The van der Waals surface area contributed by atoms with Crippen LogP contribution >= 0.6 is 0 Å². The van der Waals surface area contributed by atoms with Crippen LogP contribution in [0.2, 0.25) is 0 Å². The average molecular weight is 218 g/mol. The zero-order chi connectivity index (χ0) is 11.4. The topological polar surface area (TPSA) is 77.0 Å². The van der Waals surface area contributed by atoms with Crippen molar-refractivity contribution in [3.8, 4) is 0 Å². The highest BCUT2D eigenvalue weighted by atomic mass is 16.3. The van der Waals surface area contributed by atoms with Crippen LogP contribution in [0.3, 0.4) is 0 Å². The molecule has 0 radical (unpaired) electrons. The summed E-state index contributed by atoms with van der Waals surface area (Å²) in [7, 11) is 0. The van der Waals surface area contributed by atoms with Crippen LogP contribution < -0.4 is 5.73 Å². The van der Waals surface area contributed by atoms with Crippen LogP contribution in [0.1, 0.15) is 11.3 Å². The van der Waals surface area contributed by atoms with Gasteiger partial charge in [0, 0.05) is 24.9 Å². The molecule has 5 heteroatoms. The lowest BCUT2D eigenvalue weighted by Crippen LogP contribution is -2.00. The van der Waals surface area contributed by atoms with E-state index in [0.29, 0.717) is 13.0 Å². The number of nitrogen functional groups attached to an aromatic ring is 1. The molecule has 0 amide bonds. The van der Waals surface area contributed by atoms with E-state index in [0.717, 1.165) is 16.9 Å². The smallest absolute Gasteiger partial charge is 0.0850 e. The lowest BCUT2D eigenvalue weighted by molar-refractivity contribution is 0.298. The fourth-order valence-corrected chi connectivity index (χ4v) is 1.46. The van der Waals surface area contributed by atoms with Crippen LogP contribution in [-0.4, -0.2) is 26.7 Å². The molecule has 5 nitrogen and oxygen atoms in total. The maximum Gasteiger partial charge on any atom is 0.0850 e. The zero-order valence-electron chi connectivity index (χ0n) is 8.87. The molecule has 0 atom stereocenters. The molecule has 3 N–H and O–H groups in total. The molecule has 0 aliphatic carbocycles. The van der Waals surface area contributed by atoms with E-state index in [4.69, 9.17) is 10.8 Å². The second-order valence-electron chi connectivity index (χ2n) is 3.62. The van der Waals surface area contributed by atoms with Gasteiger partial charge in [-0.1, -0.05) is 17.3 Å². The summed E-state index contributed by atoms with van der Waals surface area (Å²) in [6, 6.07) is 7.65. The molecule has 1 aromatic heterocycles. The highest BCUT2D eigenvalue weighted by Gasteiger charge is 2.00. The minimum atomic E-state index is 0.0978. The maximum absolute atomic E-state index is 8.76. The van der Waals surface area contributed by atoms with Crippen LogP contribution in [0.15, 0.2) is 30.5 Å². The van der Waals surface area contributed by atoms with E-state index in [1.54, 1.807) is 4.68 Å². The highest BCUT2D eigenvalue weighted by Crippen LogP contribution is 2.07. The molecule has 0 unspecified atom stereocenters. The van der Waals surface area contributed by atoms with Crippen molar-refractivity contribution in [3.63, 3.8) is 0 Å². The van der Waals surface area contributed by atoms with Crippen LogP contribution in [-0.2, 0) is 13.0 Å². The Morgan fingerprint density at radius 3 is 2.69 bits per heavy atom. The van der Waals surface area contributed by atoms with Crippen molar-refractivity contribution >= 4 is 5.69 Å². The molecule has 1 heterocycles. The third-order valence-corrected chi connectivity index (χ3v) is 2.28. The first-order valence-electron chi connectivity index (χ1n) is 5.12. The SMILES string of the molecule is Nc1ccc(Cn2cc(CCO)nn2)cc1. The molecule has 1 aromatic carbocycles. The number of hydrogen-bond donors (Lipinski definition) is 2. The fraction of sp³-hybridized carbons (Fsp3) is 0.273. The number of anilines is 1. The van der Waals surface area contributed by atoms with Gasteiger partial charge in [0.1, 0.15) is 0 Å². The first kappa shape index (κ1) is 10.6. The number of rotatable bonds is 4. The molecule has 0 aliphatic heterocycles. The van der Waals surface area contributed by atoms with E-state index in [1.807, 2.05) is 30.5 Å². The van der Waals surface area contributed by atoms with Gasteiger partial charge in [-0.05, 0) is 17.7 Å². The molecule has 84 valence electrons. The number of hydrogen-bond acceptors (Lipinski definition) is 4. The minimum absolute atomic E-state index is 0.0978.